The summed E-state index contributed by atoms with van der Waals surface area (Å²) in [6, 6.07) is 74.9. The number of para-hydroxylation sites is 1. The number of fused-ring (bicyclic) bond motifs is 3. The third-order valence-electron chi connectivity index (χ3n) is 12.2. The van der Waals surface area contributed by atoms with Crippen molar-refractivity contribution in [3.05, 3.63) is 247 Å². The van der Waals surface area contributed by atoms with Gasteiger partial charge in [0.05, 0.1) is 6.04 Å². The molecule has 2 unspecified atom stereocenters. The molecule has 0 bridgehead atoms. The first kappa shape index (κ1) is 36.2. The summed E-state index contributed by atoms with van der Waals surface area (Å²) in [7, 11) is 0. The fourth-order valence-electron chi connectivity index (χ4n) is 9.11. The van der Waals surface area contributed by atoms with Gasteiger partial charge in [0.15, 0.2) is 0 Å². The van der Waals surface area contributed by atoms with Gasteiger partial charge in [0, 0.05) is 34.1 Å². The molecular weight excluding hydrogens is 713 g/mol. The highest BCUT2D eigenvalue weighted by Gasteiger charge is 2.35. The highest BCUT2D eigenvalue weighted by atomic mass is 15.1. The zero-order valence-electron chi connectivity index (χ0n) is 33.5. The average molecular weight is 759 g/mol. The van der Waals surface area contributed by atoms with Gasteiger partial charge >= 0.3 is 0 Å². The van der Waals surface area contributed by atoms with Crippen LogP contribution in [0.3, 0.4) is 0 Å². The minimum atomic E-state index is -0.0705. The van der Waals surface area contributed by atoms with Crippen LogP contribution in [0.2, 0.25) is 0 Å². The Morgan fingerprint density at radius 2 is 1.00 bits per heavy atom. The molecule has 8 aromatic carbocycles. The predicted octanol–water partition coefficient (Wildman–Crippen LogP) is 15.0. The molecule has 1 N–H and O–H groups in total. The van der Waals surface area contributed by atoms with Gasteiger partial charge in [0.25, 0.3) is 0 Å². The molecule has 0 heterocycles. The number of nitrogens with zero attached hydrogens (tertiary/aromatic N) is 1. The molecule has 0 saturated carbocycles. The van der Waals surface area contributed by atoms with Crippen LogP contribution in [0, 0.1) is 0 Å². The van der Waals surface area contributed by atoms with Crippen LogP contribution in [-0.4, -0.2) is 6.04 Å². The Kier molecular flexibility index (Phi) is 9.39. The number of allylic oxidation sites excluding steroid dienone is 2. The number of nitrogens with one attached hydrogen (secondary N) is 1. The predicted molar refractivity (Wildman–Crippen MR) is 250 cm³/mol. The molecule has 10 rings (SSSR count). The molecule has 0 fully saturated rings. The van der Waals surface area contributed by atoms with Crippen molar-refractivity contribution in [2.45, 2.75) is 31.2 Å². The minimum Gasteiger partial charge on any atom is -0.378 e. The first-order chi connectivity index (χ1) is 29.0. The number of rotatable bonds is 9. The Labute approximate surface area is 348 Å². The van der Waals surface area contributed by atoms with Gasteiger partial charge in [0.2, 0.25) is 0 Å². The second kappa shape index (κ2) is 15.3. The van der Waals surface area contributed by atoms with Crippen LogP contribution in [-0.2, 0) is 5.41 Å². The Hall–Kier alpha value is -7.16. The van der Waals surface area contributed by atoms with Gasteiger partial charge in [-0.05, 0) is 116 Å². The van der Waals surface area contributed by atoms with Crippen molar-refractivity contribution in [1.29, 1.82) is 0 Å². The molecule has 2 aliphatic rings. The monoisotopic (exact) mass is 758 g/mol. The molecule has 0 amide bonds. The lowest BCUT2D eigenvalue weighted by Gasteiger charge is -2.29. The summed E-state index contributed by atoms with van der Waals surface area (Å²) < 4.78 is 0. The average Bonchev–Trinajstić information content (AvgIpc) is 3.53. The Balaban J connectivity index is 0.894. The largest absolute Gasteiger partial charge is 0.378 e. The lowest BCUT2D eigenvalue weighted by Crippen LogP contribution is -2.26. The van der Waals surface area contributed by atoms with E-state index in [2.05, 4.69) is 249 Å². The summed E-state index contributed by atoms with van der Waals surface area (Å²) >= 11 is 0. The van der Waals surface area contributed by atoms with Crippen LogP contribution in [0.1, 0.15) is 42.0 Å². The van der Waals surface area contributed by atoms with Crippen molar-refractivity contribution in [2.24, 2.45) is 0 Å². The second-order valence-electron chi connectivity index (χ2n) is 16.2. The van der Waals surface area contributed by atoms with Crippen molar-refractivity contribution in [1.82, 2.24) is 0 Å². The summed E-state index contributed by atoms with van der Waals surface area (Å²) in [6.45, 7) is 4.69. The van der Waals surface area contributed by atoms with E-state index in [0.717, 1.165) is 22.7 Å². The molecule has 2 nitrogen and oxygen atoms in total. The summed E-state index contributed by atoms with van der Waals surface area (Å²) in [5.41, 5.74) is 18.4. The second-order valence-corrected chi connectivity index (χ2v) is 16.2. The molecule has 2 heteroatoms. The number of anilines is 4. The van der Waals surface area contributed by atoms with Crippen molar-refractivity contribution in [2.75, 3.05) is 10.2 Å². The van der Waals surface area contributed by atoms with Gasteiger partial charge < -0.3 is 10.2 Å². The first-order valence-electron chi connectivity index (χ1n) is 20.7. The molecule has 0 saturated heterocycles. The zero-order chi connectivity index (χ0) is 39.8. The van der Waals surface area contributed by atoms with Gasteiger partial charge in [-0.3, -0.25) is 0 Å². The summed E-state index contributed by atoms with van der Waals surface area (Å²) in [4.78, 5) is 2.37. The molecule has 8 aromatic rings. The summed E-state index contributed by atoms with van der Waals surface area (Å²) in [6.07, 6.45) is 6.97. The van der Waals surface area contributed by atoms with E-state index in [1.165, 1.54) is 61.2 Å². The smallest absolute Gasteiger partial charge is 0.0551 e. The summed E-state index contributed by atoms with van der Waals surface area (Å²) in [5.74, 6) is 0.206. The lowest BCUT2D eigenvalue weighted by molar-refractivity contribution is 0.660. The van der Waals surface area contributed by atoms with Gasteiger partial charge in [-0.1, -0.05) is 184 Å². The normalized spacial score (nSPS) is 16.1. The standard InChI is InChI=1S/C57H46N2/c1-57(2)54-24-13-12-23-51(54)52-35-34-50(39-55(52)57)59(48-21-10-5-11-22-48)49-32-27-42(28-33-49)45-20-14-19-44(37-45)41-25-30-47(31-26-41)58-56-36-29-46(40-15-6-3-7-16-40)38-53(56)43-17-8-4-9-18-43/h3-39,53,56,58H,1-2H3. The van der Waals surface area contributed by atoms with Gasteiger partial charge in [0.1, 0.15) is 0 Å². The molecule has 2 aliphatic carbocycles. The van der Waals surface area contributed by atoms with Crippen molar-refractivity contribution >= 4 is 28.3 Å². The van der Waals surface area contributed by atoms with E-state index in [0.29, 0.717) is 0 Å². The van der Waals surface area contributed by atoms with Crippen molar-refractivity contribution < 1.29 is 0 Å². The van der Waals surface area contributed by atoms with Gasteiger partial charge in [-0.15, -0.1) is 0 Å². The van der Waals surface area contributed by atoms with E-state index >= 15 is 0 Å². The lowest BCUT2D eigenvalue weighted by atomic mass is 9.82. The van der Waals surface area contributed by atoms with E-state index in [9.17, 15) is 0 Å². The van der Waals surface area contributed by atoms with Gasteiger partial charge in [-0.25, -0.2) is 0 Å². The number of hydrogen-bond donors (Lipinski definition) is 1. The summed E-state index contributed by atoms with van der Waals surface area (Å²) in [5, 5.41) is 3.84. The Morgan fingerprint density at radius 3 is 1.71 bits per heavy atom. The maximum absolute atomic E-state index is 3.84. The Bertz CT molecular complexity index is 2800. The quantitative estimate of drug-likeness (QED) is 0.158. The molecule has 0 aliphatic heterocycles. The van der Waals surface area contributed by atoms with E-state index in [1.807, 2.05) is 0 Å². The van der Waals surface area contributed by atoms with E-state index in [1.54, 1.807) is 0 Å². The maximum atomic E-state index is 3.84. The SMILES string of the molecule is CC1(C)c2ccccc2-c2ccc(N(c3ccccc3)c3ccc(-c4cccc(-c5ccc(NC6C=CC(c7ccccc7)=CC6c6ccccc6)cc5)c4)cc3)cc21. The van der Waals surface area contributed by atoms with Crippen LogP contribution in [0.15, 0.2) is 224 Å². The van der Waals surface area contributed by atoms with Crippen LogP contribution >= 0.6 is 0 Å². The highest BCUT2D eigenvalue weighted by molar-refractivity contribution is 5.86. The van der Waals surface area contributed by atoms with E-state index in [-0.39, 0.29) is 17.4 Å². The topological polar surface area (TPSA) is 15.3 Å². The van der Waals surface area contributed by atoms with Crippen molar-refractivity contribution in [3.8, 4) is 33.4 Å². The fraction of sp³-hybridized carbons (Fsp3) is 0.0877. The van der Waals surface area contributed by atoms with Crippen LogP contribution < -0.4 is 10.2 Å². The highest BCUT2D eigenvalue weighted by Crippen LogP contribution is 2.50. The van der Waals surface area contributed by atoms with Crippen molar-refractivity contribution in [3.63, 3.8) is 0 Å². The van der Waals surface area contributed by atoms with E-state index < -0.39 is 0 Å². The van der Waals surface area contributed by atoms with Crippen LogP contribution in [0.4, 0.5) is 22.7 Å². The third-order valence-corrected chi connectivity index (χ3v) is 12.2. The Morgan fingerprint density at radius 1 is 0.441 bits per heavy atom. The number of benzene rings is 8. The van der Waals surface area contributed by atoms with E-state index in [4.69, 9.17) is 0 Å². The number of hydrogen-bond acceptors (Lipinski definition) is 2. The molecule has 0 radical (unpaired) electrons. The molecular formula is C57H46N2. The zero-order valence-corrected chi connectivity index (χ0v) is 33.5. The van der Waals surface area contributed by atoms with Crippen LogP contribution in [0.5, 0.6) is 0 Å². The minimum absolute atomic E-state index is 0.0705. The first-order valence-corrected chi connectivity index (χ1v) is 20.7. The van der Waals surface area contributed by atoms with Gasteiger partial charge in [-0.2, -0.15) is 0 Å². The fourth-order valence-corrected chi connectivity index (χ4v) is 9.11. The maximum Gasteiger partial charge on any atom is 0.0551 e. The third kappa shape index (κ3) is 6.98. The molecule has 284 valence electrons. The molecule has 0 aromatic heterocycles. The molecule has 2 atom stereocenters. The molecule has 59 heavy (non-hydrogen) atoms. The molecule has 0 spiro atoms. The van der Waals surface area contributed by atoms with Crippen LogP contribution in [0.25, 0.3) is 39.0 Å².